The summed E-state index contributed by atoms with van der Waals surface area (Å²) < 4.78 is 5.43. The number of para-hydroxylation sites is 1. The lowest BCUT2D eigenvalue weighted by Crippen LogP contribution is -2.28. The topological polar surface area (TPSA) is 78.2 Å². The fourth-order valence-corrected chi connectivity index (χ4v) is 3.09. The number of aromatic nitrogens is 1. The molecule has 1 aromatic heterocycles. The van der Waals surface area contributed by atoms with Gasteiger partial charge in [-0.15, -0.1) is 0 Å². The summed E-state index contributed by atoms with van der Waals surface area (Å²) in [4.78, 5) is 18.9. The Hall–Kier alpha value is -3.07. The van der Waals surface area contributed by atoms with Gasteiger partial charge in [0.05, 0.1) is 5.56 Å². The molecule has 1 fully saturated rings. The maximum atomic E-state index is 12.0. The van der Waals surface area contributed by atoms with Crippen LogP contribution < -0.4 is 15.0 Å². The van der Waals surface area contributed by atoms with Crippen molar-refractivity contribution in [3.63, 3.8) is 0 Å². The monoisotopic (exact) mass is 364 g/mol. The van der Waals surface area contributed by atoms with Crippen molar-refractivity contribution in [1.82, 2.24) is 10.3 Å². The maximum Gasteiger partial charge on any atom is 0.258 e. The van der Waals surface area contributed by atoms with Gasteiger partial charge in [-0.3, -0.25) is 4.79 Å². The van der Waals surface area contributed by atoms with Crippen LogP contribution in [-0.4, -0.2) is 30.6 Å². The highest BCUT2D eigenvalue weighted by atomic mass is 16.5. The fourth-order valence-electron chi connectivity index (χ4n) is 3.09. The summed E-state index contributed by atoms with van der Waals surface area (Å²) in [6.45, 7) is 2.39. The summed E-state index contributed by atoms with van der Waals surface area (Å²) in [7, 11) is 0. The molecule has 0 saturated carbocycles. The van der Waals surface area contributed by atoms with Gasteiger partial charge in [0.1, 0.15) is 17.6 Å². The van der Waals surface area contributed by atoms with Gasteiger partial charge < -0.3 is 15.0 Å². The van der Waals surface area contributed by atoms with Crippen LogP contribution >= 0.6 is 0 Å². The van der Waals surface area contributed by atoms with Gasteiger partial charge >= 0.3 is 0 Å². The SMILES string of the molecule is N#Cc1ccccc1OCC(=O)NCc1ccc(N2CCCCCC2)nc1. The zero-order chi connectivity index (χ0) is 18.9. The summed E-state index contributed by atoms with van der Waals surface area (Å²) in [5, 5.41) is 11.8. The number of carbonyl (C=O) groups excluding carboxylic acids is 1. The Labute approximate surface area is 159 Å². The number of rotatable bonds is 6. The minimum absolute atomic E-state index is 0.127. The van der Waals surface area contributed by atoms with Crippen molar-refractivity contribution in [2.24, 2.45) is 0 Å². The summed E-state index contributed by atoms with van der Waals surface area (Å²) in [6.07, 6.45) is 6.83. The first-order valence-electron chi connectivity index (χ1n) is 9.35. The van der Waals surface area contributed by atoms with Crippen molar-refractivity contribution in [2.75, 3.05) is 24.6 Å². The highest BCUT2D eigenvalue weighted by Crippen LogP contribution is 2.18. The van der Waals surface area contributed by atoms with Gasteiger partial charge in [0.25, 0.3) is 5.91 Å². The molecule has 0 bridgehead atoms. The van der Waals surface area contributed by atoms with E-state index in [1.807, 2.05) is 24.4 Å². The van der Waals surface area contributed by atoms with Gasteiger partial charge in [0, 0.05) is 25.8 Å². The number of hydrogen-bond acceptors (Lipinski definition) is 5. The summed E-state index contributed by atoms with van der Waals surface area (Å²) in [6, 6.07) is 12.9. The largest absolute Gasteiger partial charge is 0.482 e. The number of hydrogen-bond donors (Lipinski definition) is 1. The minimum Gasteiger partial charge on any atom is -0.482 e. The third-order valence-electron chi connectivity index (χ3n) is 4.60. The van der Waals surface area contributed by atoms with Gasteiger partial charge in [-0.2, -0.15) is 5.26 Å². The number of nitrogens with zero attached hydrogens (tertiary/aromatic N) is 3. The van der Waals surface area contributed by atoms with Crippen LogP contribution in [0, 0.1) is 11.3 Å². The lowest BCUT2D eigenvalue weighted by molar-refractivity contribution is -0.123. The molecule has 2 aromatic rings. The number of nitrogens with one attached hydrogen (secondary N) is 1. The zero-order valence-electron chi connectivity index (χ0n) is 15.4. The molecule has 3 rings (SSSR count). The number of pyridine rings is 1. The smallest absolute Gasteiger partial charge is 0.258 e. The highest BCUT2D eigenvalue weighted by Gasteiger charge is 2.11. The molecule has 1 aromatic carbocycles. The Bertz CT molecular complexity index is 791. The van der Waals surface area contributed by atoms with E-state index in [0.717, 1.165) is 24.5 Å². The molecule has 6 nitrogen and oxygen atoms in total. The van der Waals surface area contributed by atoms with Gasteiger partial charge in [0.15, 0.2) is 6.61 Å². The Kier molecular flexibility index (Phi) is 6.64. The molecular weight excluding hydrogens is 340 g/mol. The number of nitriles is 1. The molecule has 1 amide bonds. The first-order valence-corrected chi connectivity index (χ1v) is 9.35. The van der Waals surface area contributed by atoms with E-state index in [1.54, 1.807) is 24.3 Å². The van der Waals surface area contributed by atoms with Crippen molar-refractivity contribution < 1.29 is 9.53 Å². The number of benzene rings is 1. The van der Waals surface area contributed by atoms with Crippen molar-refractivity contribution >= 4 is 11.7 Å². The molecule has 1 aliphatic rings. The quantitative estimate of drug-likeness (QED) is 0.852. The number of carbonyl (C=O) groups is 1. The zero-order valence-corrected chi connectivity index (χ0v) is 15.4. The maximum absolute atomic E-state index is 12.0. The van der Waals surface area contributed by atoms with E-state index in [-0.39, 0.29) is 12.5 Å². The van der Waals surface area contributed by atoms with Crippen molar-refractivity contribution in [3.05, 3.63) is 53.7 Å². The Balaban J connectivity index is 1.46. The van der Waals surface area contributed by atoms with Crippen LogP contribution in [0.2, 0.25) is 0 Å². The van der Waals surface area contributed by atoms with Gasteiger partial charge in [-0.1, -0.05) is 31.0 Å². The van der Waals surface area contributed by atoms with Crippen LogP contribution in [0.15, 0.2) is 42.6 Å². The third-order valence-corrected chi connectivity index (χ3v) is 4.60. The standard InChI is InChI=1S/C21H24N4O2/c22-13-18-7-3-4-8-19(18)27-16-21(26)24-15-17-9-10-20(23-14-17)25-11-5-1-2-6-12-25/h3-4,7-10,14H,1-2,5-6,11-12,15-16H2,(H,24,26). The van der Waals surface area contributed by atoms with E-state index < -0.39 is 0 Å². The van der Waals surface area contributed by atoms with Gasteiger partial charge in [-0.25, -0.2) is 4.98 Å². The second-order valence-electron chi connectivity index (χ2n) is 6.60. The molecule has 1 N–H and O–H groups in total. The molecule has 0 aliphatic carbocycles. The number of anilines is 1. The molecule has 27 heavy (non-hydrogen) atoms. The van der Waals surface area contributed by atoms with E-state index in [4.69, 9.17) is 10.00 Å². The van der Waals surface area contributed by atoms with Crippen LogP contribution in [0.1, 0.15) is 36.8 Å². The number of ether oxygens (including phenoxy) is 1. The Morgan fingerprint density at radius 1 is 1.15 bits per heavy atom. The molecule has 0 unspecified atom stereocenters. The van der Waals surface area contributed by atoms with Crippen LogP contribution in [0.3, 0.4) is 0 Å². The van der Waals surface area contributed by atoms with E-state index in [2.05, 4.69) is 15.2 Å². The van der Waals surface area contributed by atoms with E-state index in [0.29, 0.717) is 17.9 Å². The number of amides is 1. The van der Waals surface area contributed by atoms with E-state index in [1.165, 1.54) is 25.7 Å². The fraction of sp³-hybridized carbons (Fsp3) is 0.381. The van der Waals surface area contributed by atoms with Crippen molar-refractivity contribution in [3.8, 4) is 11.8 Å². The summed E-state index contributed by atoms with van der Waals surface area (Å²) in [5.74, 6) is 1.18. The molecule has 1 aliphatic heterocycles. The van der Waals surface area contributed by atoms with Crippen molar-refractivity contribution in [2.45, 2.75) is 32.2 Å². The second kappa shape index (κ2) is 9.58. The van der Waals surface area contributed by atoms with Gasteiger partial charge in [0.2, 0.25) is 0 Å². The molecule has 140 valence electrons. The van der Waals surface area contributed by atoms with Crippen molar-refractivity contribution in [1.29, 1.82) is 5.26 Å². The summed E-state index contributed by atoms with van der Waals surface area (Å²) >= 11 is 0. The normalized spacial score (nSPS) is 14.1. The Morgan fingerprint density at radius 3 is 2.63 bits per heavy atom. The predicted molar refractivity (Wildman–Crippen MR) is 103 cm³/mol. The molecule has 0 atom stereocenters. The summed E-state index contributed by atoms with van der Waals surface area (Å²) in [5.41, 5.74) is 1.36. The van der Waals surface area contributed by atoms with Gasteiger partial charge in [-0.05, 0) is 36.6 Å². The molecule has 0 spiro atoms. The lowest BCUT2D eigenvalue weighted by atomic mass is 10.2. The highest BCUT2D eigenvalue weighted by molar-refractivity contribution is 5.77. The average molecular weight is 364 g/mol. The predicted octanol–water partition coefficient (Wildman–Crippen LogP) is 3.03. The van der Waals surface area contributed by atoms with Crippen LogP contribution in [0.5, 0.6) is 5.75 Å². The van der Waals surface area contributed by atoms with Crippen LogP contribution in [0.4, 0.5) is 5.82 Å². The van der Waals surface area contributed by atoms with Crippen LogP contribution in [0.25, 0.3) is 0 Å². The first-order chi connectivity index (χ1) is 13.3. The molecular formula is C21H24N4O2. The second-order valence-corrected chi connectivity index (χ2v) is 6.60. The molecule has 1 saturated heterocycles. The average Bonchev–Trinajstić information content (AvgIpc) is 3.01. The van der Waals surface area contributed by atoms with E-state index in [9.17, 15) is 4.79 Å². The first kappa shape index (κ1) is 18.7. The molecule has 0 radical (unpaired) electrons. The molecule has 2 heterocycles. The third kappa shape index (κ3) is 5.45. The minimum atomic E-state index is -0.237. The molecule has 6 heteroatoms. The lowest BCUT2D eigenvalue weighted by Gasteiger charge is -2.21. The Morgan fingerprint density at radius 2 is 1.93 bits per heavy atom. The van der Waals surface area contributed by atoms with Crippen LogP contribution in [-0.2, 0) is 11.3 Å². The van der Waals surface area contributed by atoms with E-state index >= 15 is 0 Å².